The van der Waals surface area contributed by atoms with Crippen molar-refractivity contribution in [2.24, 2.45) is 0 Å². The van der Waals surface area contributed by atoms with Crippen LogP contribution in [0, 0.1) is 13.8 Å². The van der Waals surface area contributed by atoms with Gasteiger partial charge in [-0.1, -0.05) is 18.2 Å². The van der Waals surface area contributed by atoms with Crippen LogP contribution in [0.4, 0.5) is 0 Å². The van der Waals surface area contributed by atoms with Crippen LogP contribution in [-0.2, 0) is 17.6 Å². The molecule has 0 unspecified atom stereocenters. The van der Waals surface area contributed by atoms with E-state index in [1.54, 1.807) is 18.4 Å². The molecule has 0 aliphatic rings. The summed E-state index contributed by atoms with van der Waals surface area (Å²) in [4.78, 5) is 17.3. The number of nitrogens with one attached hydrogen (secondary N) is 1. The van der Waals surface area contributed by atoms with Gasteiger partial charge in [0.2, 0.25) is 5.91 Å². The Morgan fingerprint density at radius 1 is 1.33 bits per heavy atom. The summed E-state index contributed by atoms with van der Waals surface area (Å²) in [6.07, 6.45) is 1.17. The van der Waals surface area contributed by atoms with Gasteiger partial charge in [0.1, 0.15) is 5.75 Å². The van der Waals surface area contributed by atoms with Gasteiger partial charge in [-0.25, -0.2) is 4.98 Å². The first-order chi connectivity index (χ1) is 10.1. The van der Waals surface area contributed by atoms with Gasteiger partial charge >= 0.3 is 0 Å². The molecule has 1 aromatic carbocycles. The molecule has 1 aromatic heterocycles. The minimum atomic E-state index is 0.0386. The Hall–Kier alpha value is -1.88. The van der Waals surface area contributed by atoms with Crippen molar-refractivity contribution < 1.29 is 9.53 Å². The Kier molecular flexibility index (Phi) is 5.33. The standard InChI is InChI=1S/C16H20N2O2S/c1-11-15(21-12(2)18-11)10-16(19)17-9-8-13-6-4-5-7-14(13)20-3/h4-7H,8-10H2,1-3H3,(H,17,19). The second-order valence-corrected chi connectivity index (χ2v) is 6.12. The first-order valence-electron chi connectivity index (χ1n) is 6.91. The maximum absolute atomic E-state index is 12.0. The summed E-state index contributed by atoms with van der Waals surface area (Å²) in [5.74, 6) is 0.900. The summed E-state index contributed by atoms with van der Waals surface area (Å²) in [5, 5.41) is 3.96. The molecule has 0 radical (unpaired) electrons. The highest BCUT2D eigenvalue weighted by molar-refractivity contribution is 7.11. The second kappa shape index (κ2) is 7.22. The number of carbonyl (C=O) groups excluding carboxylic acids is 1. The highest BCUT2D eigenvalue weighted by atomic mass is 32.1. The number of ether oxygens (including phenoxy) is 1. The quantitative estimate of drug-likeness (QED) is 0.892. The average molecular weight is 304 g/mol. The molecule has 1 amide bonds. The largest absolute Gasteiger partial charge is 0.496 e. The van der Waals surface area contributed by atoms with Gasteiger partial charge in [-0.2, -0.15) is 0 Å². The number of aryl methyl sites for hydroxylation is 2. The molecule has 21 heavy (non-hydrogen) atoms. The molecule has 0 aliphatic heterocycles. The zero-order valence-corrected chi connectivity index (χ0v) is 13.4. The monoisotopic (exact) mass is 304 g/mol. The minimum absolute atomic E-state index is 0.0386. The smallest absolute Gasteiger partial charge is 0.225 e. The van der Waals surface area contributed by atoms with E-state index in [0.717, 1.165) is 33.3 Å². The average Bonchev–Trinajstić information content (AvgIpc) is 2.77. The zero-order chi connectivity index (χ0) is 15.2. The fourth-order valence-corrected chi connectivity index (χ4v) is 3.13. The van der Waals surface area contributed by atoms with E-state index in [1.807, 2.05) is 38.1 Å². The lowest BCUT2D eigenvalue weighted by Crippen LogP contribution is -2.27. The Morgan fingerprint density at radius 2 is 2.10 bits per heavy atom. The minimum Gasteiger partial charge on any atom is -0.496 e. The van der Waals surface area contributed by atoms with Crippen LogP contribution in [0.3, 0.4) is 0 Å². The Morgan fingerprint density at radius 3 is 2.76 bits per heavy atom. The van der Waals surface area contributed by atoms with Crippen LogP contribution in [0.5, 0.6) is 5.75 Å². The molecule has 0 fully saturated rings. The zero-order valence-electron chi connectivity index (χ0n) is 12.6. The molecular weight excluding hydrogens is 284 g/mol. The number of hydrogen-bond donors (Lipinski definition) is 1. The van der Waals surface area contributed by atoms with Gasteiger partial charge in [-0.15, -0.1) is 11.3 Å². The summed E-state index contributed by atoms with van der Waals surface area (Å²) in [5.41, 5.74) is 2.06. The topological polar surface area (TPSA) is 51.2 Å². The van der Waals surface area contributed by atoms with E-state index in [0.29, 0.717) is 13.0 Å². The molecule has 0 bridgehead atoms. The van der Waals surface area contributed by atoms with Gasteiger partial charge in [0.15, 0.2) is 0 Å². The van der Waals surface area contributed by atoms with Crippen LogP contribution >= 0.6 is 11.3 Å². The highest BCUT2D eigenvalue weighted by Crippen LogP contribution is 2.18. The molecule has 0 spiro atoms. The maximum Gasteiger partial charge on any atom is 0.225 e. The molecule has 1 heterocycles. The number of para-hydroxylation sites is 1. The molecule has 0 aliphatic carbocycles. The fraction of sp³-hybridized carbons (Fsp3) is 0.375. The normalized spacial score (nSPS) is 10.4. The van der Waals surface area contributed by atoms with Crippen LogP contribution in [0.25, 0.3) is 0 Å². The number of thiazole rings is 1. The number of amides is 1. The van der Waals surface area contributed by atoms with Crippen molar-refractivity contribution in [2.45, 2.75) is 26.7 Å². The first-order valence-corrected chi connectivity index (χ1v) is 7.73. The van der Waals surface area contributed by atoms with E-state index in [2.05, 4.69) is 10.3 Å². The number of methoxy groups -OCH3 is 1. The van der Waals surface area contributed by atoms with Crippen LogP contribution < -0.4 is 10.1 Å². The summed E-state index contributed by atoms with van der Waals surface area (Å²) in [6.45, 7) is 4.51. The summed E-state index contributed by atoms with van der Waals surface area (Å²) < 4.78 is 5.30. The fourth-order valence-electron chi connectivity index (χ4n) is 2.19. The lowest BCUT2D eigenvalue weighted by molar-refractivity contribution is -0.120. The molecular formula is C16H20N2O2S. The molecule has 0 saturated carbocycles. The molecule has 1 N–H and O–H groups in total. The SMILES string of the molecule is COc1ccccc1CCNC(=O)Cc1sc(C)nc1C. The molecule has 2 rings (SSSR count). The summed E-state index contributed by atoms with van der Waals surface area (Å²) >= 11 is 1.59. The number of aromatic nitrogens is 1. The van der Waals surface area contributed by atoms with Crippen molar-refractivity contribution in [3.05, 3.63) is 45.4 Å². The van der Waals surface area contributed by atoms with Gasteiger partial charge in [0.05, 0.1) is 24.2 Å². The van der Waals surface area contributed by atoms with Gasteiger partial charge in [-0.3, -0.25) is 4.79 Å². The Labute approximate surface area is 129 Å². The van der Waals surface area contributed by atoms with E-state index < -0.39 is 0 Å². The highest BCUT2D eigenvalue weighted by Gasteiger charge is 2.10. The van der Waals surface area contributed by atoms with Crippen molar-refractivity contribution in [2.75, 3.05) is 13.7 Å². The van der Waals surface area contributed by atoms with Crippen LogP contribution in [-0.4, -0.2) is 24.5 Å². The number of nitrogens with zero attached hydrogens (tertiary/aromatic N) is 1. The van der Waals surface area contributed by atoms with Gasteiger partial charge < -0.3 is 10.1 Å². The third-order valence-corrected chi connectivity index (χ3v) is 4.30. The molecule has 0 atom stereocenters. The lowest BCUT2D eigenvalue weighted by Gasteiger charge is -2.09. The van der Waals surface area contributed by atoms with Gasteiger partial charge in [-0.05, 0) is 31.9 Å². The molecule has 0 saturated heterocycles. The Balaban J connectivity index is 1.83. The Bertz CT molecular complexity index is 622. The van der Waals surface area contributed by atoms with E-state index in [9.17, 15) is 4.79 Å². The van der Waals surface area contributed by atoms with Crippen molar-refractivity contribution in [3.63, 3.8) is 0 Å². The second-order valence-electron chi connectivity index (χ2n) is 4.83. The number of benzene rings is 1. The van der Waals surface area contributed by atoms with Gasteiger partial charge in [0, 0.05) is 11.4 Å². The number of hydrogen-bond acceptors (Lipinski definition) is 4. The molecule has 2 aromatic rings. The third kappa shape index (κ3) is 4.29. The van der Waals surface area contributed by atoms with E-state index in [-0.39, 0.29) is 5.91 Å². The predicted octanol–water partition coefficient (Wildman–Crippen LogP) is 2.67. The lowest BCUT2D eigenvalue weighted by atomic mass is 10.1. The van der Waals surface area contributed by atoms with Gasteiger partial charge in [0.25, 0.3) is 0 Å². The van der Waals surface area contributed by atoms with Crippen LogP contribution in [0.2, 0.25) is 0 Å². The molecule has 4 nitrogen and oxygen atoms in total. The summed E-state index contributed by atoms with van der Waals surface area (Å²) in [6, 6.07) is 7.86. The number of carbonyl (C=O) groups is 1. The van der Waals surface area contributed by atoms with Crippen LogP contribution in [0.15, 0.2) is 24.3 Å². The number of rotatable bonds is 6. The van der Waals surface area contributed by atoms with E-state index >= 15 is 0 Å². The first kappa shape index (κ1) is 15.5. The molecule has 112 valence electrons. The van der Waals surface area contributed by atoms with Crippen molar-refractivity contribution in [3.8, 4) is 5.75 Å². The maximum atomic E-state index is 12.0. The van der Waals surface area contributed by atoms with Crippen LogP contribution in [0.1, 0.15) is 21.1 Å². The third-order valence-electron chi connectivity index (χ3n) is 3.23. The van der Waals surface area contributed by atoms with Crippen molar-refractivity contribution >= 4 is 17.2 Å². The van der Waals surface area contributed by atoms with E-state index in [4.69, 9.17) is 4.74 Å². The van der Waals surface area contributed by atoms with Crippen molar-refractivity contribution in [1.29, 1.82) is 0 Å². The van der Waals surface area contributed by atoms with Crippen molar-refractivity contribution in [1.82, 2.24) is 10.3 Å². The summed E-state index contributed by atoms with van der Waals surface area (Å²) in [7, 11) is 1.66. The van der Waals surface area contributed by atoms with E-state index in [1.165, 1.54) is 0 Å². The molecule has 5 heteroatoms. The predicted molar refractivity (Wildman–Crippen MR) is 85.0 cm³/mol.